The van der Waals surface area contributed by atoms with Gasteiger partial charge in [-0.05, 0) is 32.1 Å². The lowest BCUT2D eigenvalue weighted by atomic mass is 9.96. The second-order valence-electron chi connectivity index (χ2n) is 5.41. The molecule has 90 valence electrons. The molecule has 0 aromatic heterocycles. The summed E-state index contributed by atoms with van der Waals surface area (Å²) in [7, 11) is 0. The minimum atomic E-state index is 0.726. The second kappa shape index (κ2) is 7.27. The van der Waals surface area contributed by atoms with Gasteiger partial charge in [-0.3, -0.25) is 0 Å². The Labute approximate surface area is 96.0 Å². The van der Waals surface area contributed by atoms with Crippen molar-refractivity contribution in [2.24, 2.45) is 5.92 Å². The second-order valence-corrected chi connectivity index (χ2v) is 5.41. The highest BCUT2D eigenvalue weighted by Gasteiger charge is 2.24. The number of hydrogen-bond acceptors (Lipinski definition) is 1. The maximum Gasteiger partial charge on any atom is 0.00708 e. The Morgan fingerprint density at radius 3 is 2.33 bits per heavy atom. The molecule has 1 aliphatic carbocycles. The van der Waals surface area contributed by atoms with Crippen molar-refractivity contribution in [1.82, 2.24) is 5.32 Å². The fourth-order valence-corrected chi connectivity index (χ4v) is 2.11. The molecule has 0 amide bonds. The highest BCUT2D eigenvalue weighted by molar-refractivity contribution is 4.84. The van der Waals surface area contributed by atoms with Gasteiger partial charge >= 0.3 is 0 Å². The number of nitrogens with one attached hydrogen (secondary N) is 1. The molecule has 1 fully saturated rings. The van der Waals surface area contributed by atoms with Gasteiger partial charge in [0.1, 0.15) is 0 Å². The Hall–Kier alpha value is -0.0400. The number of rotatable bonds is 9. The van der Waals surface area contributed by atoms with E-state index in [0.29, 0.717) is 0 Å². The molecule has 0 aromatic carbocycles. The van der Waals surface area contributed by atoms with Gasteiger partial charge in [0, 0.05) is 12.1 Å². The topological polar surface area (TPSA) is 12.0 Å². The van der Waals surface area contributed by atoms with Gasteiger partial charge in [0.15, 0.2) is 0 Å². The third-order valence-corrected chi connectivity index (χ3v) is 3.69. The fourth-order valence-electron chi connectivity index (χ4n) is 2.11. The van der Waals surface area contributed by atoms with Crippen LogP contribution in [0.25, 0.3) is 0 Å². The first-order valence-electron chi connectivity index (χ1n) is 7.00. The van der Waals surface area contributed by atoms with Crippen molar-refractivity contribution in [1.29, 1.82) is 0 Å². The minimum absolute atomic E-state index is 0.726. The zero-order chi connectivity index (χ0) is 11.1. The zero-order valence-electron chi connectivity index (χ0n) is 10.9. The van der Waals surface area contributed by atoms with Crippen LogP contribution in [0.5, 0.6) is 0 Å². The monoisotopic (exact) mass is 211 g/mol. The molecule has 2 atom stereocenters. The van der Waals surface area contributed by atoms with Gasteiger partial charge in [-0.25, -0.2) is 0 Å². The third-order valence-electron chi connectivity index (χ3n) is 3.69. The van der Waals surface area contributed by atoms with E-state index in [2.05, 4.69) is 26.1 Å². The lowest BCUT2D eigenvalue weighted by Crippen LogP contribution is -2.33. The van der Waals surface area contributed by atoms with Crippen molar-refractivity contribution in [2.75, 3.05) is 0 Å². The molecule has 0 radical (unpaired) electrons. The third kappa shape index (κ3) is 6.19. The van der Waals surface area contributed by atoms with E-state index in [1.807, 2.05) is 0 Å². The van der Waals surface area contributed by atoms with Crippen LogP contribution >= 0.6 is 0 Å². The van der Waals surface area contributed by atoms with E-state index in [1.165, 1.54) is 51.4 Å². The molecular formula is C14H29N. The van der Waals surface area contributed by atoms with Gasteiger partial charge in [0.05, 0.1) is 0 Å². The van der Waals surface area contributed by atoms with Crippen molar-refractivity contribution < 1.29 is 0 Å². The molecule has 1 saturated carbocycles. The molecule has 2 unspecified atom stereocenters. The highest BCUT2D eigenvalue weighted by atomic mass is 15.0. The average Bonchev–Trinajstić information content (AvgIpc) is 3.01. The van der Waals surface area contributed by atoms with Crippen LogP contribution in [-0.4, -0.2) is 12.1 Å². The summed E-state index contributed by atoms with van der Waals surface area (Å²) in [5.41, 5.74) is 0. The van der Waals surface area contributed by atoms with Gasteiger partial charge in [0.25, 0.3) is 0 Å². The van der Waals surface area contributed by atoms with Crippen molar-refractivity contribution in [3.05, 3.63) is 0 Å². The summed E-state index contributed by atoms with van der Waals surface area (Å²) in [4.78, 5) is 0. The predicted molar refractivity (Wildman–Crippen MR) is 68.2 cm³/mol. The zero-order valence-corrected chi connectivity index (χ0v) is 10.9. The molecule has 0 aromatic rings. The molecule has 15 heavy (non-hydrogen) atoms. The molecule has 0 heterocycles. The van der Waals surface area contributed by atoms with E-state index in [9.17, 15) is 0 Å². The Kier molecular flexibility index (Phi) is 6.31. The van der Waals surface area contributed by atoms with Crippen LogP contribution in [0.3, 0.4) is 0 Å². The Morgan fingerprint density at radius 2 is 1.73 bits per heavy atom. The van der Waals surface area contributed by atoms with Crippen molar-refractivity contribution in [3.63, 3.8) is 0 Å². The van der Waals surface area contributed by atoms with E-state index in [4.69, 9.17) is 0 Å². The van der Waals surface area contributed by atoms with E-state index in [1.54, 1.807) is 0 Å². The van der Waals surface area contributed by atoms with Crippen molar-refractivity contribution in [2.45, 2.75) is 84.2 Å². The summed E-state index contributed by atoms with van der Waals surface area (Å²) in [6.07, 6.45) is 11.3. The predicted octanol–water partition coefficient (Wildman–Crippen LogP) is 4.12. The van der Waals surface area contributed by atoms with E-state index < -0.39 is 0 Å². The summed E-state index contributed by atoms with van der Waals surface area (Å²) in [5.74, 6) is 0.854. The molecule has 1 nitrogen and oxygen atoms in total. The van der Waals surface area contributed by atoms with Crippen LogP contribution in [-0.2, 0) is 0 Å². The molecule has 1 rings (SSSR count). The van der Waals surface area contributed by atoms with Crippen LogP contribution in [0.2, 0.25) is 0 Å². The molecule has 0 aliphatic heterocycles. The highest BCUT2D eigenvalue weighted by Crippen LogP contribution is 2.22. The summed E-state index contributed by atoms with van der Waals surface area (Å²) in [6.45, 7) is 7.04. The largest absolute Gasteiger partial charge is 0.311 e. The lowest BCUT2D eigenvalue weighted by molar-refractivity contribution is 0.363. The number of hydrogen-bond donors (Lipinski definition) is 1. The first-order chi connectivity index (χ1) is 7.24. The fraction of sp³-hybridized carbons (Fsp3) is 1.00. The van der Waals surface area contributed by atoms with Crippen LogP contribution in [0, 0.1) is 5.92 Å². The maximum atomic E-state index is 3.71. The van der Waals surface area contributed by atoms with Gasteiger partial charge in [-0.2, -0.15) is 0 Å². The quantitative estimate of drug-likeness (QED) is 0.566. The van der Waals surface area contributed by atoms with Gasteiger partial charge in [-0.1, -0.05) is 46.0 Å². The smallest absolute Gasteiger partial charge is 0.00708 e. The molecule has 1 N–H and O–H groups in total. The first-order valence-corrected chi connectivity index (χ1v) is 7.00. The Bertz CT molecular complexity index is 151. The molecule has 1 aliphatic rings. The van der Waals surface area contributed by atoms with Crippen LogP contribution in [0.15, 0.2) is 0 Å². The molecule has 0 bridgehead atoms. The summed E-state index contributed by atoms with van der Waals surface area (Å²) < 4.78 is 0. The molecule has 0 spiro atoms. The Morgan fingerprint density at radius 1 is 1.07 bits per heavy atom. The van der Waals surface area contributed by atoms with Crippen molar-refractivity contribution in [3.8, 4) is 0 Å². The van der Waals surface area contributed by atoms with Gasteiger partial charge < -0.3 is 5.32 Å². The Balaban J connectivity index is 1.93. The van der Waals surface area contributed by atoms with Crippen LogP contribution < -0.4 is 5.32 Å². The van der Waals surface area contributed by atoms with Gasteiger partial charge in [-0.15, -0.1) is 0 Å². The molecule has 1 heteroatoms. The van der Waals surface area contributed by atoms with Crippen LogP contribution in [0.1, 0.15) is 72.1 Å². The summed E-state index contributed by atoms with van der Waals surface area (Å²) >= 11 is 0. The molecular weight excluding hydrogens is 182 g/mol. The minimum Gasteiger partial charge on any atom is -0.311 e. The SMILES string of the molecule is CCCCCCCC(C)C(C)NC1CC1. The van der Waals surface area contributed by atoms with Gasteiger partial charge in [0.2, 0.25) is 0 Å². The van der Waals surface area contributed by atoms with Crippen molar-refractivity contribution >= 4 is 0 Å². The van der Waals surface area contributed by atoms with E-state index in [-0.39, 0.29) is 0 Å². The molecule has 0 saturated heterocycles. The average molecular weight is 211 g/mol. The van der Waals surface area contributed by atoms with E-state index >= 15 is 0 Å². The maximum absolute atomic E-state index is 3.71. The first kappa shape index (κ1) is 13.0. The lowest BCUT2D eigenvalue weighted by Gasteiger charge is -2.21. The summed E-state index contributed by atoms with van der Waals surface area (Å²) in [5, 5.41) is 3.71. The number of unbranched alkanes of at least 4 members (excludes halogenated alkanes) is 4. The normalized spacial score (nSPS) is 20.2. The van der Waals surface area contributed by atoms with Crippen LogP contribution in [0.4, 0.5) is 0 Å². The standard InChI is InChI=1S/C14H29N/c1-4-5-6-7-8-9-12(2)13(3)15-14-10-11-14/h12-15H,4-11H2,1-3H3. The summed E-state index contributed by atoms with van der Waals surface area (Å²) in [6, 6.07) is 1.59. The van der Waals surface area contributed by atoms with E-state index in [0.717, 1.165) is 18.0 Å².